The van der Waals surface area contributed by atoms with E-state index in [4.69, 9.17) is 0 Å². The Morgan fingerprint density at radius 1 is 0.826 bits per heavy atom. The van der Waals surface area contributed by atoms with Gasteiger partial charge < -0.3 is 10.2 Å². The van der Waals surface area contributed by atoms with E-state index in [1.165, 1.54) is 22.5 Å². The van der Waals surface area contributed by atoms with Gasteiger partial charge in [0.25, 0.3) is 0 Å². The first-order valence-corrected chi connectivity index (χ1v) is 8.62. The number of hydrogen-bond donors (Lipinski definition) is 1. The summed E-state index contributed by atoms with van der Waals surface area (Å²) in [5.41, 5.74) is 5.36. The van der Waals surface area contributed by atoms with Crippen molar-refractivity contribution in [1.29, 1.82) is 0 Å². The Morgan fingerprint density at radius 2 is 1.39 bits per heavy atom. The Hall–Kier alpha value is -1.96. The molecule has 23 heavy (non-hydrogen) atoms. The summed E-state index contributed by atoms with van der Waals surface area (Å²) in [5.74, 6) is 0. The largest absolute Gasteiger partial charge is 0.381 e. The average molecular weight is 310 g/mol. The molecule has 0 atom stereocenters. The molecule has 2 rings (SSSR count). The van der Waals surface area contributed by atoms with Crippen LogP contribution in [0.1, 0.15) is 45.7 Å². The molecule has 124 valence electrons. The fourth-order valence-corrected chi connectivity index (χ4v) is 2.71. The highest BCUT2D eigenvalue weighted by atomic mass is 15.1. The third kappa shape index (κ3) is 4.75. The summed E-state index contributed by atoms with van der Waals surface area (Å²) in [7, 11) is 0. The lowest BCUT2D eigenvalue weighted by atomic mass is 9.87. The average Bonchev–Trinajstić information content (AvgIpc) is 2.55. The first-order valence-electron chi connectivity index (χ1n) is 8.62. The van der Waals surface area contributed by atoms with Crippen LogP contribution in [0.15, 0.2) is 48.5 Å². The van der Waals surface area contributed by atoms with Crippen LogP contribution in [0.4, 0.5) is 11.4 Å². The van der Waals surface area contributed by atoms with Crippen LogP contribution in [0.25, 0.3) is 0 Å². The molecule has 0 aliphatic carbocycles. The molecule has 0 aliphatic heterocycles. The Morgan fingerprint density at radius 3 is 1.87 bits per heavy atom. The minimum atomic E-state index is 0.215. The van der Waals surface area contributed by atoms with E-state index in [1.54, 1.807) is 0 Å². The zero-order valence-corrected chi connectivity index (χ0v) is 15.2. The molecular weight excluding hydrogens is 280 g/mol. The highest BCUT2D eigenvalue weighted by Gasteiger charge is 2.12. The van der Waals surface area contributed by atoms with Crippen LogP contribution in [-0.4, -0.2) is 13.1 Å². The molecule has 0 aromatic heterocycles. The molecule has 0 bridgehead atoms. The number of nitrogens with zero attached hydrogens (tertiary/aromatic N) is 1. The monoisotopic (exact) mass is 310 g/mol. The predicted molar refractivity (Wildman–Crippen MR) is 102 cm³/mol. The first-order chi connectivity index (χ1) is 10.9. The van der Waals surface area contributed by atoms with Crippen molar-refractivity contribution in [3.05, 3.63) is 59.7 Å². The van der Waals surface area contributed by atoms with Crippen LogP contribution >= 0.6 is 0 Å². The van der Waals surface area contributed by atoms with Crippen molar-refractivity contribution in [2.75, 3.05) is 23.3 Å². The van der Waals surface area contributed by atoms with Gasteiger partial charge in [-0.1, -0.05) is 45.0 Å². The zero-order chi connectivity index (χ0) is 16.9. The zero-order valence-electron chi connectivity index (χ0n) is 15.2. The second-order valence-corrected chi connectivity index (χ2v) is 7.02. The van der Waals surface area contributed by atoms with Crippen LogP contribution in [0.5, 0.6) is 0 Å². The van der Waals surface area contributed by atoms with Gasteiger partial charge in [0, 0.05) is 31.0 Å². The van der Waals surface area contributed by atoms with Crippen molar-refractivity contribution >= 4 is 11.4 Å². The Balaban J connectivity index is 1.95. The number of rotatable bonds is 6. The minimum absolute atomic E-state index is 0.215. The van der Waals surface area contributed by atoms with E-state index in [0.29, 0.717) is 0 Å². The lowest BCUT2D eigenvalue weighted by Crippen LogP contribution is -2.21. The van der Waals surface area contributed by atoms with Crippen molar-refractivity contribution in [2.24, 2.45) is 0 Å². The van der Waals surface area contributed by atoms with Crippen molar-refractivity contribution in [3.63, 3.8) is 0 Å². The molecule has 2 aromatic carbocycles. The summed E-state index contributed by atoms with van der Waals surface area (Å²) >= 11 is 0. The minimum Gasteiger partial charge on any atom is -0.381 e. The van der Waals surface area contributed by atoms with Crippen LogP contribution in [-0.2, 0) is 12.0 Å². The maximum atomic E-state index is 3.50. The quantitative estimate of drug-likeness (QED) is 0.764. The summed E-state index contributed by atoms with van der Waals surface area (Å²) in [6, 6.07) is 17.6. The van der Waals surface area contributed by atoms with Crippen molar-refractivity contribution in [2.45, 2.75) is 46.6 Å². The van der Waals surface area contributed by atoms with Crippen LogP contribution in [0.2, 0.25) is 0 Å². The fraction of sp³-hybridized carbons (Fsp3) is 0.429. The molecule has 0 saturated carbocycles. The van der Waals surface area contributed by atoms with Gasteiger partial charge >= 0.3 is 0 Å². The van der Waals surface area contributed by atoms with Crippen molar-refractivity contribution in [3.8, 4) is 0 Å². The van der Waals surface area contributed by atoms with E-state index in [1.807, 2.05) is 0 Å². The molecule has 2 nitrogen and oxygen atoms in total. The van der Waals surface area contributed by atoms with Gasteiger partial charge in [-0.3, -0.25) is 0 Å². The van der Waals surface area contributed by atoms with Gasteiger partial charge in [0.15, 0.2) is 0 Å². The van der Waals surface area contributed by atoms with E-state index >= 15 is 0 Å². The van der Waals surface area contributed by atoms with Gasteiger partial charge in [-0.15, -0.1) is 0 Å². The van der Waals surface area contributed by atoms with Crippen LogP contribution < -0.4 is 10.2 Å². The number of hydrogen-bond acceptors (Lipinski definition) is 2. The molecule has 0 saturated heterocycles. The number of nitrogens with one attached hydrogen (secondary N) is 1. The molecule has 1 N–H and O–H groups in total. The summed E-state index contributed by atoms with van der Waals surface area (Å²) in [6.07, 6.45) is 0. The lowest BCUT2D eigenvalue weighted by molar-refractivity contribution is 0.590. The molecule has 0 spiro atoms. The third-order valence-electron chi connectivity index (χ3n) is 4.31. The van der Waals surface area contributed by atoms with E-state index < -0.39 is 0 Å². The van der Waals surface area contributed by atoms with Crippen LogP contribution in [0.3, 0.4) is 0 Å². The smallest absolute Gasteiger partial charge is 0.0400 e. The highest BCUT2D eigenvalue weighted by Crippen LogP contribution is 2.23. The van der Waals surface area contributed by atoms with Gasteiger partial charge in [-0.2, -0.15) is 0 Å². The molecule has 0 radical (unpaired) electrons. The lowest BCUT2D eigenvalue weighted by Gasteiger charge is -2.21. The summed E-state index contributed by atoms with van der Waals surface area (Å²) < 4.78 is 0. The molecule has 0 amide bonds. The maximum Gasteiger partial charge on any atom is 0.0400 e. The Labute approximate surface area is 141 Å². The van der Waals surface area contributed by atoms with E-state index in [2.05, 4.69) is 93.4 Å². The molecule has 0 aliphatic rings. The summed E-state index contributed by atoms with van der Waals surface area (Å²) in [5, 5.41) is 3.50. The molecular formula is C21H30N2. The van der Waals surface area contributed by atoms with Crippen molar-refractivity contribution in [1.82, 2.24) is 0 Å². The van der Waals surface area contributed by atoms with Gasteiger partial charge in [0.1, 0.15) is 0 Å². The Kier molecular flexibility index (Phi) is 5.70. The van der Waals surface area contributed by atoms with Gasteiger partial charge in [-0.25, -0.2) is 0 Å². The molecule has 0 unspecified atom stereocenters. The van der Waals surface area contributed by atoms with Crippen LogP contribution in [0, 0.1) is 0 Å². The van der Waals surface area contributed by atoms with E-state index in [-0.39, 0.29) is 5.41 Å². The Bertz CT molecular complexity index is 587. The second kappa shape index (κ2) is 7.54. The van der Waals surface area contributed by atoms with Gasteiger partial charge in [0.2, 0.25) is 0 Å². The maximum absolute atomic E-state index is 3.50. The number of benzene rings is 2. The second-order valence-electron chi connectivity index (χ2n) is 7.02. The van der Waals surface area contributed by atoms with Crippen molar-refractivity contribution < 1.29 is 0 Å². The predicted octanol–water partition coefficient (Wildman–Crippen LogP) is 5.44. The molecule has 2 heteroatoms. The molecule has 0 heterocycles. The molecule has 2 aromatic rings. The van der Waals surface area contributed by atoms with E-state index in [9.17, 15) is 0 Å². The standard InChI is InChI=1S/C21H30N2/c1-6-23(7-2)20-14-12-19(13-15-20)22-16-17-8-10-18(11-9-17)21(3,4)5/h8-15,22H,6-7,16H2,1-5H3. The van der Waals surface area contributed by atoms with E-state index in [0.717, 1.165) is 19.6 Å². The molecule has 0 fully saturated rings. The van der Waals surface area contributed by atoms with Gasteiger partial charge in [-0.05, 0) is 54.7 Å². The van der Waals surface area contributed by atoms with Gasteiger partial charge in [0.05, 0.1) is 0 Å². The fourth-order valence-electron chi connectivity index (χ4n) is 2.71. The normalized spacial score (nSPS) is 11.3. The first kappa shape index (κ1) is 17.4. The highest BCUT2D eigenvalue weighted by molar-refractivity contribution is 5.55. The summed E-state index contributed by atoms with van der Waals surface area (Å²) in [4.78, 5) is 2.36. The SMILES string of the molecule is CCN(CC)c1ccc(NCc2ccc(C(C)(C)C)cc2)cc1. The third-order valence-corrected chi connectivity index (χ3v) is 4.31. The number of anilines is 2. The topological polar surface area (TPSA) is 15.3 Å². The summed E-state index contributed by atoms with van der Waals surface area (Å²) in [6.45, 7) is 14.1.